The molecule has 0 N–H and O–H groups in total. The normalized spacial score (nSPS) is 11.1. The van der Waals surface area contributed by atoms with Crippen LogP contribution in [-0.4, -0.2) is 15.6 Å². The van der Waals surface area contributed by atoms with E-state index in [4.69, 9.17) is 4.43 Å². The lowest BCUT2D eigenvalue weighted by atomic mass is 10.1. The smallest absolute Gasteiger partial charge is 0.244 e. The largest absolute Gasteiger partial charge is 0.412 e. The maximum Gasteiger partial charge on any atom is 0.244 e. The second-order valence-corrected chi connectivity index (χ2v) is 5.46. The highest BCUT2D eigenvalue weighted by molar-refractivity contribution is 6.68. The fourth-order valence-electron chi connectivity index (χ4n) is 1.83. The lowest BCUT2D eigenvalue weighted by molar-refractivity contribution is 0.354. The number of fused-ring (bicyclic) bond motifs is 1. The van der Waals surface area contributed by atoms with Crippen molar-refractivity contribution in [3.63, 3.8) is 0 Å². The highest BCUT2D eigenvalue weighted by atomic mass is 28.3. The molecule has 0 fully saturated rings. The molecule has 0 heterocycles. The Hall–Kier alpha value is -1.12. The Bertz CT molecular complexity index is 448. The minimum absolute atomic E-state index is 0.800. The van der Waals surface area contributed by atoms with Crippen LogP contribution in [0.25, 0.3) is 10.8 Å². The van der Waals surface area contributed by atoms with Crippen molar-refractivity contribution in [2.24, 2.45) is 0 Å². The van der Waals surface area contributed by atoms with Gasteiger partial charge in [0.25, 0.3) is 0 Å². The molecule has 1 radical (unpaired) electrons. The Morgan fingerprint density at radius 1 is 1.07 bits per heavy atom. The standard InChI is InChI=1S/C13H15OSi/c1-3-14-15(2)13-10-6-8-11-7-4-5-9-12(11)13/h4-10H,3H2,1-2H3. The van der Waals surface area contributed by atoms with Gasteiger partial charge in [-0.3, -0.25) is 0 Å². The van der Waals surface area contributed by atoms with Gasteiger partial charge in [0.1, 0.15) is 0 Å². The van der Waals surface area contributed by atoms with Crippen molar-refractivity contribution < 1.29 is 4.43 Å². The van der Waals surface area contributed by atoms with Crippen LogP contribution in [0.5, 0.6) is 0 Å². The van der Waals surface area contributed by atoms with Gasteiger partial charge in [0.05, 0.1) is 0 Å². The molecule has 0 saturated carbocycles. The van der Waals surface area contributed by atoms with Crippen LogP contribution in [0.3, 0.4) is 0 Å². The van der Waals surface area contributed by atoms with E-state index >= 15 is 0 Å². The minimum atomic E-state index is -0.843. The van der Waals surface area contributed by atoms with Crippen molar-refractivity contribution in [3.05, 3.63) is 42.5 Å². The molecule has 2 aromatic carbocycles. The van der Waals surface area contributed by atoms with Gasteiger partial charge in [-0.1, -0.05) is 42.5 Å². The molecule has 0 aliphatic rings. The van der Waals surface area contributed by atoms with Crippen LogP contribution in [0.1, 0.15) is 6.92 Å². The summed E-state index contributed by atoms with van der Waals surface area (Å²) in [6, 6.07) is 15.0. The van der Waals surface area contributed by atoms with Crippen molar-refractivity contribution in [2.45, 2.75) is 13.5 Å². The number of hydrogen-bond acceptors (Lipinski definition) is 1. The van der Waals surface area contributed by atoms with Gasteiger partial charge in [-0.15, -0.1) is 0 Å². The third-order valence-electron chi connectivity index (χ3n) is 2.53. The van der Waals surface area contributed by atoms with Gasteiger partial charge in [-0.25, -0.2) is 0 Å². The van der Waals surface area contributed by atoms with E-state index in [2.05, 4.69) is 55.9 Å². The molecule has 0 aliphatic carbocycles. The summed E-state index contributed by atoms with van der Waals surface area (Å²) in [6.07, 6.45) is 0. The predicted octanol–water partition coefficient (Wildman–Crippen LogP) is 2.70. The van der Waals surface area contributed by atoms with E-state index in [9.17, 15) is 0 Å². The molecule has 2 rings (SSSR count). The van der Waals surface area contributed by atoms with E-state index in [1.165, 1.54) is 16.0 Å². The quantitative estimate of drug-likeness (QED) is 0.715. The van der Waals surface area contributed by atoms with Gasteiger partial charge in [-0.2, -0.15) is 0 Å². The highest BCUT2D eigenvalue weighted by Crippen LogP contribution is 2.11. The van der Waals surface area contributed by atoms with Crippen molar-refractivity contribution in [3.8, 4) is 0 Å². The van der Waals surface area contributed by atoms with E-state index in [0.29, 0.717) is 0 Å². The Balaban J connectivity index is 2.50. The second-order valence-electron chi connectivity index (χ2n) is 3.52. The zero-order valence-electron chi connectivity index (χ0n) is 9.16. The lowest BCUT2D eigenvalue weighted by Gasteiger charge is -2.11. The van der Waals surface area contributed by atoms with Crippen LogP contribution in [0.4, 0.5) is 0 Å². The molecular weight excluding hydrogens is 200 g/mol. The molecule has 2 heteroatoms. The van der Waals surface area contributed by atoms with Crippen molar-refractivity contribution >= 4 is 25.0 Å². The molecule has 0 unspecified atom stereocenters. The SMILES string of the molecule is CCO[Si](C)c1cccc2ccccc12. The van der Waals surface area contributed by atoms with E-state index in [-0.39, 0.29) is 0 Å². The lowest BCUT2D eigenvalue weighted by Crippen LogP contribution is -2.30. The first-order valence-corrected chi connectivity index (χ1v) is 7.18. The molecule has 0 bridgehead atoms. The average Bonchev–Trinajstić information content (AvgIpc) is 2.28. The van der Waals surface area contributed by atoms with Crippen molar-refractivity contribution in [1.82, 2.24) is 0 Å². The molecule has 1 nitrogen and oxygen atoms in total. The van der Waals surface area contributed by atoms with Gasteiger partial charge < -0.3 is 4.43 Å². The Kier molecular flexibility index (Phi) is 3.19. The van der Waals surface area contributed by atoms with Gasteiger partial charge in [0.15, 0.2) is 0 Å². The Morgan fingerprint density at radius 3 is 2.60 bits per heavy atom. The predicted molar refractivity (Wildman–Crippen MR) is 66.8 cm³/mol. The van der Waals surface area contributed by atoms with E-state index in [1.54, 1.807) is 0 Å². The monoisotopic (exact) mass is 215 g/mol. The molecule has 0 atom stereocenters. The fraction of sp³-hybridized carbons (Fsp3) is 0.231. The van der Waals surface area contributed by atoms with Crippen molar-refractivity contribution in [2.75, 3.05) is 6.61 Å². The molecule has 2 aromatic rings. The summed E-state index contributed by atoms with van der Waals surface area (Å²) in [5.41, 5.74) is 0. The van der Waals surface area contributed by atoms with Crippen LogP contribution in [0.2, 0.25) is 6.55 Å². The van der Waals surface area contributed by atoms with Crippen LogP contribution in [0, 0.1) is 0 Å². The number of hydrogen-bond donors (Lipinski definition) is 0. The van der Waals surface area contributed by atoms with Crippen LogP contribution >= 0.6 is 0 Å². The summed E-state index contributed by atoms with van der Waals surface area (Å²) in [5.74, 6) is 0. The summed E-state index contributed by atoms with van der Waals surface area (Å²) < 4.78 is 5.74. The second kappa shape index (κ2) is 4.60. The summed E-state index contributed by atoms with van der Waals surface area (Å²) in [4.78, 5) is 0. The van der Waals surface area contributed by atoms with Crippen molar-refractivity contribution in [1.29, 1.82) is 0 Å². The topological polar surface area (TPSA) is 9.23 Å². The Labute approximate surface area is 92.4 Å². The van der Waals surface area contributed by atoms with E-state index < -0.39 is 9.04 Å². The van der Waals surface area contributed by atoms with Gasteiger partial charge in [0, 0.05) is 6.61 Å². The molecule has 0 aromatic heterocycles. The third kappa shape index (κ3) is 2.11. The first kappa shape index (κ1) is 10.4. The first-order valence-electron chi connectivity index (χ1n) is 5.27. The van der Waals surface area contributed by atoms with Gasteiger partial charge >= 0.3 is 0 Å². The maximum atomic E-state index is 5.74. The zero-order chi connectivity index (χ0) is 10.7. The number of rotatable bonds is 3. The molecule has 0 aliphatic heterocycles. The average molecular weight is 215 g/mol. The summed E-state index contributed by atoms with van der Waals surface area (Å²) in [7, 11) is -0.843. The molecule has 0 spiro atoms. The van der Waals surface area contributed by atoms with E-state index in [1.807, 2.05) is 0 Å². The summed E-state index contributed by atoms with van der Waals surface area (Å²) >= 11 is 0. The summed E-state index contributed by atoms with van der Waals surface area (Å²) in [5, 5.41) is 4.02. The zero-order valence-corrected chi connectivity index (χ0v) is 10.2. The molecular formula is C13H15OSi. The molecule has 0 saturated heterocycles. The van der Waals surface area contributed by atoms with Gasteiger partial charge in [0.2, 0.25) is 9.04 Å². The molecule has 0 amide bonds. The minimum Gasteiger partial charge on any atom is -0.412 e. The third-order valence-corrected chi connectivity index (χ3v) is 4.45. The van der Waals surface area contributed by atoms with Crippen LogP contribution in [0.15, 0.2) is 42.5 Å². The molecule has 77 valence electrons. The first-order chi connectivity index (χ1) is 7.33. The van der Waals surface area contributed by atoms with Crippen LogP contribution in [-0.2, 0) is 4.43 Å². The highest BCUT2D eigenvalue weighted by Gasteiger charge is 2.11. The fourth-order valence-corrected chi connectivity index (χ4v) is 3.35. The summed E-state index contributed by atoms with van der Waals surface area (Å²) in [6.45, 7) is 5.06. The molecule has 15 heavy (non-hydrogen) atoms. The number of benzene rings is 2. The van der Waals surface area contributed by atoms with E-state index in [0.717, 1.165) is 6.61 Å². The van der Waals surface area contributed by atoms with Gasteiger partial charge in [-0.05, 0) is 29.4 Å². The Morgan fingerprint density at radius 2 is 1.80 bits per heavy atom. The van der Waals surface area contributed by atoms with Crippen LogP contribution < -0.4 is 5.19 Å². The maximum absolute atomic E-state index is 5.74.